The number of rotatable bonds is 3. The molecule has 0 aliphatic rings. The second-order valence-corrected chi connectivity index (χ2v) is 4.41. The van der Waals surface area contributed by atoms with Gasteiger partial charge in [-0.1, -0.05) is 12.1 Å². The van der Waals surface area contributed by atoms with Crippen LogP contribution in [-0.4, -0.2) is 16.7 Å². The molecule has 0 aliphatic heterocycles. The Balaban J connectivity index is 2.04. The van der Waals surface area contributed by atoms with Crippen LogP contribution in [-0.2, 0) is 0 Å². The third-order valence-corrected chi connectivity index (χ3v) is 2.86. The number of hydrazine groups is 1. The van der Waals surface area contributed by atoms with Crippen molar-refractivity contribution in [1.29, 1.82) is 5.26 Å². The molecule has 23 heavy (non-hydrogen) atoms. The number of benzene rings is 2. The van der Waals surface area contributed by atoms with Crippen LogP contribution in [0.4, 0.5) is 5.69 Å². The van der Waals surface area contributed by atoms with Gasteiger partial charge in [-0.15, -0.1) is 0 Å². The number of hydrogen-bond donors (Lipinski definition) is 2. The first-order valence-electron chi connectivity index (χ1n) is 6.36. The summed E-state index contributed by atoms with van der Waals surface area (Å²) in [4.78, 5) is 33.8. The Morgan fingerprint density at radius 3 is 2.13 bits per heavy atom. The van der Waals surface area contributed by atoms with E-state index in [2.05, 4.69) is 10.9 Å². The maximum atomic E-state index is 11.9. The lowest BCUT2D eigenvalue weighted by atomic mass is 10.1. The lowest BCUT2D eigenvalue weighted by Gasteiger charge is -2.07. The number of non-ortho nitro benzene ring substituents is 1. The van der Waals surface area contributed by atoms with Gasteiger partial charge < -0.3 is 0 Å². The fraction of sp³-hybridized carbons (Fsp3) is 0. The van der Waals surface area contributed by atoms with Crippen LogP contribution in [0.3, 0.4) is 0 Å². The highest BCUT2D eigenvalue weighted by molar-refractivity contribution is 5.99. The van der Waals surface area contributed by atoms with Crippen molar-refractivity contribution in [2.75, 3.05) is 0 Å². The normalized spacial score (nSPS) is 9.52. The Kier molecular flexibility index (Phi) is 4.64. The molecule has 0 aromatic heterocycles. The number of carbonyl (C=O) groups is 2. The molecule has 0 aliphatic carbocycles. The maximum absolute atomic E-state index is 11.9. The Hall–Kier alpha value is -3.73. The van der Waals surface area contributed by atoms with E-state index in [0.717, 1.165) is 6.07 Å². The smallest absolute Gasteiger partial charge is 0.267 e. The van der Waals surface area contributed by atoms with Crippen LogP contribution < -0.4 is 10.9 Å². The quantitative estimate of drug-likeness (QED) is 0.657. The van der Waals surface area contributed by atoms with Crippen LogP contribution in [0.1, 0.15) is 26.3 Å². The van der Waals surface area contributed by atoms with Crippen molar-refractivity contribution in [1.82, 2.24) is 10.9 Å². The summed E-state index contributed by atoms with van der Waals surface area (Å²) in [6.45, 7) is 0. The first-order chi connectivity index (χ1) is 11.0. The van der Waals surface area contributed by atoms with Gasteiger partial charge in [0.15, 0.2) is 0 Å². The van der Waals surface area contributed by atoms with Crippen LogP contribution in [0.5, 0.6) is 0 Å². The van der Waals surface area contributed by atoms with Gasteiger partial charge in [0.25, 0.3) is 17.5 Å². The van der Waals surface area contributed by atoms with Gasteiger partial charge in [-0.25, -0.2) is 0 Å². The highest BCUT2D eigenvalue weighted by atomic mass is 16.6. The third-order valence-electron chi connectivity index (χ3n) is 2.86. The summed E-state index contributed by atoms with van der Waals surface area (Å²) in [6.07, 6.45) is 0. The van der Waals surface area contributed by atoms with Crippen molar-refractivity contribution in [3.63, 3.8) is 0 Å². The molecule has 0 radical (unpaired) electrons. The number of nitrogens with one attached hydrogen (secondary N) is 2. The van der Waals surface area contributed by atoms with E-state index in [9.17, 15) is 19.7 Å². The average Bonchev–Trinajstić information content (AvgIpc) is 2.59. The first kappa shape index (κ1) is 15.7. The zero-order chi connectivity index (χ0) is 16.8. The Bertz CT molecular complexity index is 826. The predicted octanol–water partition coefficient (Wildman–Crippen LogP) is 1.54. The number of amides is 2. The van der Waals surface area contributed by atoms with E-state index in [4.69, 9.17) is 5.26 Å². The topological polar surface area (TPSA) is 125 Å². The minimum atomic E-state index is -0.696. The highest BCUT2D eigenvalue weighted by Gasteiger charge is 2.13. The molecule has 0 atom stereocenters. The van der Waals surface area contributed by atoms with E-state index in [1.807, 2.05) is 6.07 Å². The van der Waals surface area contributed by atoms with Gasteiger partial charge in [0, 0.05) is 23.3 Å². The van der Waals surface area contributed by atoms with Gasteiger partial charge in [0.05, 0.1) is 16.6 Å². The molecule has 8 nitrogen and oxygen atoms in total. The number of nitrogens with zero attached hydrogens (tertiary/aromatic N) is 2. The molecule has 0 bridgehead atoms. The Labute approximate surface area is 130 Å². The Morgan fingerprint density at radius 2 is 1.57 bits per heavy atom. The summed E-state index contributed by atoms with van der Waals surface area (Å²) in [7, 11) is 0. The second-order valence-electron chi connectivity index (χ2n) is 4.41. The van der Waals surface area contributed by atoms with E-state index in [1.54, 1.807) is 6.07 Å². The lowest BCUT2D eigenvalue weighted by molar-refractivity contribution is -0.384. The zero-order valence-electron chi connectivity index (χ0n) is 11.6. The minimum absolute atomic E-state index is 0.0327. The van der Waals surface area contributed by atoms with Crippen LogP contribution in [0, 0.1) is 21.4 Å². The van der Waals surface area contributed by atoms with E-state index in [-0.39, 0.29) is 16.8 Å². The standard InChI is InChI=1S/C15H10N4O4/c16-9-10-3-1-4-11(7-10)14(20)17-18-15(21)12-5-2-6-13(8-12)19(22)23/h1-8H,(H,17,20)(H,18,21). The molecule has 0 saturated carbocycles. The number of nitro groups is 1. The third kappa shape index (κ3) is 3.89. The molecule has 114 valence electrons. The van der Waals surface area contributed by atoms with Crippen molar-refractivity contribution in [2.45, 2.75) is 0 Å². The molecule has 2 aromatic rings. The van der Waals surface area contributed by atoms with Crippen LogP contribution in [0.25, 0.3) is 0 Å². The molecule has 2 N–H and O–H groups in total. The summed E-state index contributed by atoms with van der Waals surface area (Å²) in [6, 6.07) is 12.9. The highest BCUT2D eigenvalue weighted by Crippen LogP contribution is 2.12. The minimum Gasteiger partial charge on any atom is -0.267 e. The number of nitriles is 1. The van der Waals surface area contributed by atoms with Gasteiger partial charge in [-0.05, 0) is 24.3 Å². The van der Waals surface area contributed by atoms with E-state index in [1.165, 1.54) is 36.4 Å². The van der Waals surface area contributed by atoms with E-state index < -0.39 is 16.7 Å². The lowest BCUT2D eigenvalue weighted by Crippen LogP contribution is -2.41. The van der Waals surface area contributed by atoms with E-state index in [0.29, 0.717) is 5.56 Å². The first-order valence-corrected chi connectivity index (χ1v) is 6.36. The second kappa shape index (κ2) is 6.82. The van der Waals surface area contributed by atoms with Gasteiger partial charge in [-0.2, -0.15) is 5.26 Å². The van der Waals surface area contributed by atoms with Crippen LogP contribution in [0.15, 0.2) is 48.5 Å². The van der Waals surface area contributed by atoms with Crippen molar-refractivity contribution in [3.8, 4) is 6.07 Å². The Morgan fingerprint density at radius 1 is 1.00 bits per heavy atom. The van der Waals surface area contributed by atoms with Crippen molar-refractivity contribution in [2.24, 2.45) is 0 Å². The van der Waals surface area contributed by atoms with Crippen molar-refractivity contribution < 1.29 is 14.5 Å². The van der Waals surface area contributed by atoms with Crippen LogP contribution >= 0.6 is 0 Å². The summed E-state index contributed by atoms with van der Waals surface area (Å²) in [5.41, 5.74) is 4.64. The fourth-order valence-corrected chi connectivity index (χ4v) is 1.75. The molecule has 0 heterocycles. The SMILES string of the molecule is N#Cc1cccc(C(=O)NNC(=O)c2cccc([N+](=O)[O-])c2)c1. The predicted molar refractivity (Wildman–Crippen MR) is 79.2 cm³/mol. The van der Waals surface area contributed by atoms with Crippen molar-refractivity contribution >= 4 is 17.5 Å². The molecule has 2 aromatic carbocycles. The summed E-state index contributed by atoms with van der Waals surface area (Å²) in [5, 5.41) is 19.4. The molecule has 0 saturated heterocycles. The molecular formula is C15H10N4O4. The van der Waals surface area contributed by atoms with Crippen molar-refractivity contribution in [3.05, 3.63) is 75.3 Å². The number of nitro benzene ring substituents is 1. The maximum Gasteiger partial charge on any atom is 0.270 e. The van der Waals surface area contributed by atoms with E-state index >= 15 is 0 Å². The van der Waals surface area contributed by atoms with Gasteiger partial charge in [0.2, 0.25) is 0 Å². The molecule has 0 unspecified atom stereocenters. The number of hydrogen-bond acceptors (Lipinski definition) is 5. The molecule has 0 spiro atoms. The van der Waals surface area contributed by atoms with Gasteiger partial charge >= 0.3 is 0 Å². The molecule has 2 amide bonds. The summed E-state index contributed by atoms with van der Waals surface area (Å²) >= 11 is 0. The fourth-order valence-electron chi connectivity index (χ4n) is 1.75. The van der Waals surface area contributed by atoms with Gasteiger partial charge in [-0.3, -0.25) is 30.6 Å². The summed E-state index contributed by atoms with van der Waals surface area (Å²) < 4.78 is 0. The molecule has 2 rings (SSSR count). The largest absolute Gasteiger partial charge is 0.270 e. The van der Waals surface area contributed by atoms with Crippen LogP contribution in [0.2, 0.25) is 0 Å². The zero-order valence-corrected chi connectivity index (χ0v) is 11.6. The molecule has 8 heteroatoms. The summed E-state index contributed by atoms with van der Waals surface area (Å²) in [5.74, 6) is -1.31. The molecular weight excluding hydrogens is 300 g/mol. The molecule has 0 fully saturated rings. The van der Waals surface area contributed by atoms with Gasteiger partial charge in [0.1, 0.15) is 0 Å². The monoisotopic (exact) mass is 310 g/mol. The average molecular weight is 310 g/mol. The number of carbonyl (C=O) groups excluding carboxylic acids is 2.